The smallest absolute Gasteiger partial charge is 0.166 e. The number of benzene rings is 7. The Hall–Kier alpha value is -8.20. The average Bonchev–Trinajstić information content (AvgIpc) is 3.95. The summed E-state index contributed by atoms with van der Waals surface area (Å²) in [5.74, 6) is 2.72. The molecule has 0 atom stereocenters. The average molecular weight is 840 g/mol. The van der Waals surface area contributed by atoms with E-state index in [9.17, 15) is 0 Å². The van der Waals surface area contributed by atoms with E-state index in [2.05, 4.69) is 138 Å². The number of hydrogen-bond donors (Lipinski definition) is 0. The molecule has 0 bridgehead atoms. The summed E-state index contributed by atoms with van der Waals surface area (Å²) in [7, 11) is 0. The third kappa shape index (κ3) is 6.34. The van der Waals surface area contributed by atoms with Crippen LogP contribution in [0.2, 0.25) is 0 Å². The summed E-state index contributed by atoms with van der Waals surface area (Å²) >= 11 is 1.84. The molecule has 0 fully saturated rings. The molecule has 5 heterocycles. The fourth-order valence-corrected chi connectivity index (χ4v) is 10.2. The van der Waals surface area contributed by atoms with Gasteiger partial charge in [0.15, 0.2) is 17.5 Å². The molecule has 0 aliphatic heterocycles. The molecule has 0 saturated heterocycles. The van der Waals surface area contributed by atoms with Gasteiger partial charge in [-0.2, -0.15) is 0 Å². The minimum absolute atomic E-state index is 0.544. The van der Waals surface area contributed by atoms with Crippen molar-refractivity contribution in [2.45, 2.75) is 13.3 Å². The van der Waals surface area contributed by atoms with Crippen LogP contribution in [0.3, 0.4) is 0 Å². The van der Waals surface area contributed by atoms with E-state index in [0.717, 1.165) is 78.8 Å². The fourth-order valence-electron chi connectivity index (χ4n) is 9.08. The summed E-state index contributed by atoms with van der Waals surface area (Å²) < 4.78 is 4.84. The van der Waals surface area contributed by atoms with Gasteiger partial charge in [-0.15, -0.1) is 11.3 Å². The normalized spacial score (nSPS) is 11.6. The summed E-state index contributed by atoms with van der Waals surface area (Å²) in [5.41, 5.74) is 12.2. The zero-order chi connectivity index (χ0) is 42.6. The van der Waals surface area contributed by atoms with Crippen molar-refractivity contribution in [1.82, 2.24) is 34.5 Å². The van der Waals surface area contributed by atoms with E-state index in [4.69, 9.17) is 24.9 Å². The van der Waals surface area contributed by atoms with Crippen molar-refractivity contribution >= 4 is 53.3 Å². The maximum absolute atomic E-state index is 5.26. The molecule has 0 N–H and O–H groups in total. The molecule has 0 radical (unpaired) electrons. The first kappa shape index (κ1) is 37.6. The SMILES string of the molecule is CCc1nc2c(-c3ccccc3)cccc2n1-c1ccc2sc3cccc(-c4ccc(-c5ncccc5-c5nc(-c6ccccc6)nc(-c6cccnc6)n5)c5ccccc45)c3c2c1. The number of thiophene rings is 1. The number of imidazole rings is 1. The highest BCUT2D eigenvalue weighted by atomic mass is 32.1. The molecule has 0 amide bonds. The maximum Gasteiger partial charge on any atom is 0.166 e. The fraction of sp³-hybridized carbons (Fsp3) is 0.0357. The Morgan fingerprint density at radius 1 is 0.469 bits per heavy atom. The third-order valence-corrected chi connectivity index (χ3v) is 13.1. The first-order chi connectivity index (χ1) is 31.7. The van der Waals surface area contributed by atoms with Crippen LogP contribution in [0.1, 0.15) is 12.7 Å². The van der Waals surface area contributed by atoms with Crippen molar-refractivity contribution < 1.29 is 0 Å². The lowest BCUT2D eigenvalue weighted by atomic mass is 9.90. The number of rotatable bonds is 8. The monoisotopic (exact) mass is 839 g/mol. The Bertz CT molecular complexity index is 3650. The van der Waals surface area contributed by atoms with E-state index >= 15 is 0 Å². The van der Waals surface area contributed by atoms with Crippen molar-refractivity contribution in [3.05, 3.63) is 200 Å². The molecule has 0 aliphatic rings. The van der Waals surface area contributed by atoms with Crippen LogP contribution < -0.4 is 0 Å². The van der Waals surface area contributed by atoms with Gasteiger partial charge in [-0.25, -0.2) is 19.9 Å². The Balaban J connectivity index is 1.02. The molecule has 12 aromatic rings. The molecule has 5 aromatic heterocycles. The molecule has 0 saturated carbocycles. The summed E-state index contributed by atoms with van der Waals surface area (Å²) in [6, 6.07) is 61.6. The molecule has 7 nitrogen and oxygen atoms in total. The van der Waals surface area contributed by atoms with Gasteiger partial charge in [-0.1, -0.05) is 128 Å². The van der Waals surface area contributed by atoms with Crippen LogP contribution >= 0.6 is 11.3 Å². The van der Waals surface area contributed by atoms with E-state index in [1.807, 2.05) is 72.1 Å². The van der Waals surface area contributed by atoms with Gasteiger partial charge < -0.3 is 0 Å². The van der Waals surface area contributed by atoms with Gasteiger partial charge in [0.25, 0.3) is 0 Å². The Labute approximate surface area is 373 Å². The van der Waals surface area contributed by atoms with Crippen LogP contribution in [-0.4, -0.2) is 34.5 Å². The highest BCUT2D eigenvalue weighted by molar-refractivity contribution is 7.26. The van der Waals surface area contributed by atoms with Crippen molar-refractivity contribution in [3.63, 3.8) is 0 Å². The van der Waals surface area contributed by atoms with Gasteiger partial charge in [0.1, 0.15) is 5.82 Å². The van der Waals surface area contributed by atoms with Gasteiger partial charge in [0, 0.05) is 78.7 Å². The largest absolute Gasteiger partial charge is 0.296 e. The lowest BCUT2D eigenvalue weighted by Crippen LogP contribution is -2.02. The van der Waals surface area contributed by atoms with Crippen molar-refractivity contribution in [3.8, 4) is 73.4 Å². The van der Waals surface area contributed by atoms with Crippen LogP contribution in [0.25, 0.3) is 115 Å². The highest BCUT2D eigenvalue weighted by Gasteiger charge is 2.21. The first-order valence-corrected chi connectivity index (χ1v) is 22.2. The second-order valence-electron chi connectivity index (χ2n) is 15.7. The van der Waals surface area contributed by atoms with Crippen LogP contribution in [0.5, 0.6) is 0 Å². The molecule has 0 spiro atoms. The minimum Gasteiger partial charge on any atom is -0.296 e. The van der Waals surface area contributed by atoms with E-state index in [-0.39, 0.29) is 0 Å². The Morgan fingerprint density at radius 2 is 1.14 bits per heavy atom. The van der Waals surface area contributed by atoms with Gasteiger partial charge in [0.2, 0.25) is 0 Å². The number of nitrogens with zero attached hydrogens (tertiary/aromatic N) is 7. The van der Waals surface area contributed by atoms with Crippen LogP contribution in [0.4, 0.5) is 0 Å². The van der Waals surface area contributed by atoms with Crippen molar-refractivity contribution in [1.29, 1.82) is 0 Å². The first-order valence-electron chi connectivity index (χ1n) is 21.4. The molecular formula is C56H37N7S. The van der Waals surface area contributed by atoms with E-state index in [1.165, 1.54) is 31.3 Å². The van der Waals surface area contributed by atoms with Crippen LogP contribution in [0.15, 0.2) is 195 Å². The quantitative estimate of drug-likeness (QED) is 0.152. The molecule has 64 heavy (non-hydrogen) atoms. The standard InChI is InChI=1S/C56H37N7S/c1-2-50-59-53-39(35-15-5-3-6-16-35)22-11-25-47(53)63(50)38-27-30-48-46(33-38)51-43(23-12-26-49(51)64-48)42-28-29-44(41-21-10-9-20-40(41)42)52-45(24-14-32-58-52)56-61-54(36-17-7-4-8-18-36)60-55(62-56)37-19-13-31-57-34-37/h3-34H,2H2,1H3. The molecule has 0 unspecified atom stereocenters. The minimum atomic E-state index is 0.544. The second kappa shape index (κ2) is 15.6. The number of para-hydroxylation sites is 1. The highest BCUT2D eigenvalue weighted by Crippen LogP contribution is 2.45. The molecule has 7 aromatic carbocycles. The molecule has 302 valence electrons. The lowest BCUT2D eigenvalue weighted by molar-refractivity contribution is 0.909. The summed E-state index contributed by atoms with van der Waals surface area (Å²) in [4.78, 5) is 29.7. The van der Waals surface area contributed by atoms with Gasteiger partial charge in [0.05, 0.1) is 16.7 Å². The summed E-state index contributed by atoms with van der Waals surface area (Å²) in [6.45, 7) is 2.19. The number of aryl methyl sites for hydroxylation is 1. The Kier molecular flexibility index (Phi) is 9.16. The number of pyridine rings is 2. The van der Waals surface area contributed by atoms with Gasteiger partial charge in [-0.3, -0.25) is 14.5 Å². The lowest BCUT2D eigenvalue weighted by Gasteiger charge is -2.15. The molecular weight excluding hydrogens is 803 g/mol. The van der Waals surface area contributed by atoms with E-state index in [0.29, 0.717) is 17.5 Å². The number of aromatic nitrogens is 7. The molecule has 0 aliphatic carbocycles. The third-order valence-electron chi connectivity index (χ3n) is 12.0. The van der Waals surface area contributed by atoms with Crippen molar-refractivity contribution in [2.24, 2.45) is 0 Å². The zero-order valence-electron chi connectivity index (χ0n) is 34.7. The van der Waals surface area contributed by atoms with E-state index in [1.54, 1.807) is 12.4 Å². The zero-order valence-corrected chi connectivity index (χ0v) is 35.5. The summed E-state index contributed by atoms with van der Waals surface area (Å²) in [5, 5.41) is 4.70. The van der Waals surface area contributed by atoms with Gasteiger partial charge in [-0.05, 0) is 82.1 Å². The predicted molar refractivity (Wildman–Crippen MR) is 262 cm³/mol. The second-order valence-corrected chi connectivity index (χ2v) is 16.8. The maximum atomic E-state index is 5.26. The molecule has 12 rings (SSSR count). The van der Waals surface area contributed by atoms with Crippen LogP contribution in [-0.2, 0) is 6.42 Å². The number of fused-ring (bicyclic) bond motifs is 5. The number of hydrogen-bond acceptors (Lipinski definition) is 7. The van der Waals surface area contributed by atoms with Crippen molar-refractivity contribution in [2.75, 3.05) is 0 Å². The topological polar surface area (TPSA) is 82.3 Å². The van der Waals surface area contributed by atoms with E-state index < -0.39 is 0 Å². The summed E-state index contributed by atoms with van der Waals surface area (Å²) in [6.07, 6.45) is 6.18. The Morgan fingerprint density at radius 3 is 1.94 bits per heavy atom. The van der Waals surface area contributed by atoms with Gasteiger partial charge >= 0.3 is 0 Å². The van der Waals surface area contributed by atoms with Crippen LogP contribution in [0, 0.1) is 0 Å². The predicted octanol–water partition coefficient (Wildman–Crippen LogP) is 14.1. The molecule has 8 heteroatoms.